The third-order valence-electron chi connectivity index (χ3n) is 3.56. The van der Waals surface area contributed by atoms with Crippen molar-refractivity contribution in [3.05, 3.63) is 45.9 Å². The fourth-order valence-corrected chi connectivity index (χ4v) is 3.29. The average molecular weight is 390 g/mol. The number of nitrogens with zero attached hydrogens (tertiary/aromatic N) is 2. The molecule has 2 aromatic rings. The highest BCUT2D eigenvalue weighted by molar-refractivity contribution is 7.90. The van der Waals surface area contributed by atoms with Crippen molar-refractivity contribution in [1.29, 1.82) is 0 Å². The first kappa shape index (κ1) is 19.6. The highest BCUT2D eigenvalue weighted by Gasteiger charge is 2.33. The van der Waals surface area contributed by atoms with E-state index in [1.54, 1.807) is 0 Å². The van der Waals surface area contributed by atoms with Gasteiger partial charge in [-0.15, -0.1) is 0 Å². The summed E-state index contributed by atoms with van der Waals surface area (Å²) in [5.74, 6) is -1.36. The monoisotopic (exact) mass is 390 g/mol. The second kappa shape index (κ2) is 6.56. The van der Waals surface area contributed by atoms with Crippen molar-refractivity contribution < 1.29 is 31.5 Å². The van der Waals surface area contributed by atoms with E-state index in [1.165, 1.54) is 7.05 Å². The molecular formula is C15H13F3N2O5S. The average Bonchev–Trinajstić information content (AvgIpc) is 2.49. The minimum absolute atomic E-state index is 0.148. The Morgan fingerprint density at radius 3 is 2.38 bits per heavy atom. The Labute approximate surface area is 145 Å². The molecule has 0 spiro atoms. The summed E-state index contributed by atoms with van der Waals surface area (Å²) in [6, 6.07) is 2.00. The molecule has 1 N–H and O–H groups in total. The molecule has 2 rings (SSSR count). The van der Waals surface area contributed by atoms with Gasteiger partial charge in [-0.3, -0.25) is 9.59 Å². The normalized spacial score (nSPS) is 12.2. The number of aromatic nitrogens is 2. The maximum absolute atomic E-state index is 12.9. The minimum atomic E-state index is -4.77. The number of carboxylic acids is 1. The molecule has 1 aromatic heterocycles. The van der Waals surface area contributed by atoms with E-state index in [0.29, 0.717) is 12.1 Å². The summed E-state index contributed by atoms with van der Waals surface area (Å²) in [5.41, 5.74) is -2.62. The maximum Gasteiger partial charge on any atom is 0.416 e. The van der Waals surface area contributed by atoms with Crippen LogP contribution in [0.25, 0.3) is 11.1 Å². The molecule has 0 atom stereocenters. The Kier molecular flexibility index (Phi) is 4.95. The molecule has 0 unspecified atom stereocenters. The molecule has 0 saturated carbocycles. The summed E-state index contributed by atoms with van der Waals surface area (Å²) in [7, 11) is -2.85. The number of aliphatic carboxylic acids is 1. The van der Waals surface area contributed by atoms with Gasteiger partial charge in [0.15, 0.2) is 9.84 Å². The van der Waals surface area contributed by atoms with Gasteiger partial charge in [-0.2, -0.15) is 18.3 Å². The summed E-state index contributed by atoms with van der Waals surface area (Å²) in [5, 5.41) is 12.7. The van der Waals surface area contributed by atoms with Crippen molar-refractivity contribution in [2.45, 2.75) is 17.5 Å². The van der Waals surface area contributed by atoms with Crippen LogP contribution in [0.5, 0.6) is 0 Å². The van der Waals surface area contributed by atoms with Crippen LogP contribution in [-0.4, -0.2) is 35.5 Å². The second-order valence-corrected chi connectivity index (χ2v) is 7.50. The van der Waals surface area contributed by atoms with Gasteiger partial charge in [0.25, 0.3) is 5.56 Å². The first-order valence-corrected chi connectivity index (χ1v) is 8.90. The number of carbonyl (C=O) groups is 1. The molecule has 0 aliphatic carbocycles. The largest absolute Gasteiger partial charge is 0.481 e. The predicted octanol–water partition coefficient (Wildman–Crippen LogP) is 1.50. The van der Waals surface area contributed by atoms with Crippen LogP contribution in [0.3, 0.4) is 0 Å². The number of hydrogen-bond acceptors (Lipinski definition) is 5. The molecule has 0 amide bonds. The fourth-order valence-electron chi connectivity index (χ4n) is 2.37. The minimum Gasteiger partial charge on any atom is -0.481 e. The Morgan fingerprint density at radius 2 is 1.88 bits per heavy atom. The molecule has 0 aliphatic rings. The van der Waals surface area contributed by atoms with E-state index >= 15 is 0 Å². The quantitative estimate of drug-likeness (QED) is 0.848. The molecule has 0 bridgehead atoms. The van der Waals surface area contributed by atoms with E-state index < -0.39 is 44.4 Å². The van der Waals surface area contributed by atoms with Gasteiger partial charge in [-0.1, -0.05) is 6.07 Å². The Balaban J connectivity index is 2.87. The third kappa shape index (κ3) is 3.93. The van der Waals surface area contributed by atoms with Crippen molar-refractivity contribution >= 4 is 15.8 Å². The second-order valence-electron chi connectivity index (χ2n) is 5.52. The molecule has 26 heavy (non-hydrogen) atoms. The lowest BCUT2D eigenvalue weighted by molar-refractivity contribution is -0.138. The van der Waals surface area contributed by atoms with Crippen LogP contribution in [0.15, 0.2) is 34.1 Å². The molecule has 11 heteroatoms. The van der Waals surface area contributed by atoms with Crippen LogP contribution in [-0.2, 0) is 34.3 Å². The molecular weight excluding hydrogens is 377 g/mol. The number of aryl methyl sites for hydroxylation is 1. The van der Waals surface area contributed by atoms with E-state index in [2.05, 4.69) is 5.10 Å². The number of rotatable bonds is 4. The molecule has 140 valence electrons. The molecule has 1 aromatic carbocycles. The van der Waals surface area contributed by atoms with Crippen molar-refractivity contribution in [1.82, 2.24) is 9.78 Å². The number of benzene rings is 1. The predicted molar refractivity (Wildman–Crippen MR) is 84.4 cm³/mol. The van der Waals surface area contributed by atoms with Crippen molar-refractivity contribution in [2.75, 3.05) is 6.26 Å². The fraction of sp³-hybridized carbons (Fsp3) is 0.267. The third-order valence-corrected chi connectivity index (χ3v) is 4.70. The highest BCUT2D eigenvalue weighted by atomic mass is 32.2. The first-order chi connectivity index (χ1) is 11.8. The van der Waals surface area contributed by atoms with Gasteiger partial charge in [0.1, 0.15) is 0 Å². The standard InChI is InChI=1S/C15H13F3N2O5S/c1-20-14(23)10(6-13(21)22)11(7-19-20)9-4-3-8(15(16,17)18)5-12(9)26(2,24)25/h3-5,7H,6H2,1-2H3,(H,21,22). The van der Waals surface area contributed by atoms with Gasteiger partial charge in [-0.25, -0.2) is 13.1 Å². The first-order valence-electron chi connectivity index (χ1n) is 7.01. The topological polar surface area (TPSA) is 106 Å². The summed E-state index contributed by atoms with van der Waals surface area (Å²) in [6.07, 6.45) is -3.74. The zero-order valence-corrected chi connectivity index (χ0v) is 14.3. The summed E-state index contributed by atoms with van der Waals surface area (Å²) in [6.45, 7) is 0. The van der Waals surface area contributed by atoms with Crippen LogP contribution in [0.2, 0.25) is 0 Å². The van der Waals surface area contributed by atoms with Gasteiger partial charge < -0.3 is 5.11 Å². The summed E-state index contributed by atoms with van der Waals surface area (Å²) < 4.78 is 63.6. The van der Waals surface area contributed by atoms with E-state index in [9.17, 15) is 31.2 Å². The number of halogens is 3. The van der Waals surface area contributed by atoms with Crippen LogP contribution >= 0.6 is 0 Å². The van der Waals surface area contributed by atoms with Crippen LogP contribution in [0, 0.1) is 0 Å². The maximum atomic E-state index is 12.9. The van der Waals surface area contributed by atoms with Crippen molar-refractivity contribution in [3.8, 4) is 11.1 Å². The smallest absolute Gasteiger partial charge is 0.416 e. The summed E-state index contributed by atoms with van der Waals surface area (Å²) in [4.78, 5) is 22.6. The Morgan fingerprint density at radius 1 is 1.27 bits per heavy atom. The van der Waals surface area contributed by atoms with Crippen molar-refractivity contribution in [3.63, 3.8) is 0 Å². The number of hydrogen-bond donors (Lipinski definition) is 1. The van der Waals surface area contributed by atoms with E-state index in [-0.39, 0.29) is 16.7 Å². The molecule has 0 aliphatic heterocycles. The molecule has 0 fully saturated rings. The van der Waals surface area contributed by atoms with Gasteiger partial charge in [0.05, 0.1) is 23.1 Å². The Hall–Kier alpha value is -2.69. The number of carboxylic acid groups (broad SMARTS) is 1. The van der Waals surface area contributed by atoms with Crippen LogP contribution in [0.1, 0.15) is 11.1 Å². The summed E-state index contributed by atoms with van der Waals surface area (Å²) >= 11 is 0. The van der Waals surface area contributed by atoms with E-state index in [4.69, 9.17) is 5.11 Å². The molecule has 0 saturated heterocycles. The zero-order valence-electron chi connectivity index (χ0n) is 13.5. The van der Waals surface area contributed by atoms with Gasteiger partial charge in [0, 0.05) is 30.0 Å². The van der Waals surface area contributed by atoms with Gasteiger partial charge >= 0.3 is 12.1 Å². The molecule has 7 nitrogen and oxygen atoms in total. The van der Waals surface area contributed by atoms with Gasteiger partial charge in [0.2, 0.25) is 0 Å². The zero-order chi connectivity index (χ0) is 19.9. The van der Waals surface area contributed by atoms with Crippen LogP contribution in [0.4, 0.5) is 13.2 Å². The Bertz CT molecular complexity index is 1040. The lowest BCUT2D eigenvalue weighted by atomic mass is 9.99. The lowest BCUT2D eigenvalue weighted by Crippen LogP contribution is -2.26. The van der Waals surface area contributed by atoms with Crippen molar-refractivity contribution in [2.24, 2.45) is 7.05 Å². The molecule has 0 radical (unpaired) electrons. The van der Waals surface area contributed by atoms with E-state index in [0.717, 1.165) is 23.2 Å². The van der Waals surface area contributed by atoms with E-state index in [1.807, 2.05) is 0 Å². The molecule has 1 heterocycles. The number of alkyl halides is 3. The SMILES string of the molecule is Cn1ncc(-c2ccc(C(F)(F)F)cc2S(C)(=O)=O)c(CC(=O)O)c1=O. The van der Waals surface area contributed by atoms with Gasteiger partial charge in [-0.05, 0) is 12.1 Å². The lowest BCUT2D eigenvalue weighted by Gasteiger charge is -2.15. The number of sulfone groups is 1. The van der Waals surface area contributed by atoms with Crippen LogP contribution < -0.4 is 5.56 Å². The highest BCUT2D eigenvalue weighted by Crippen LogP contribution is 2.35.